The van der Waals surface area contributed by atoms with Crippen molar-refractivity contribution < 1.29 is 14.4 Å². The third-order valence-electron chi connectivity index (χ3n) is 3.25. The normalized spacial score (nSPS) is 33.5. The van der Waals surface area contributed by atoms with E-state index in [1.165, 1.54) is 0 Å². The third-order valence-corrected chi connectivity index (χ3v) is 6.39. The molecule has 0 radical (unpaired) electrons. The highest BCUT2D eigenvalue weighted by molar-refractivity contribution is 14.1. The molecule has 5 atom stereocenters. The van der Waals surface area contributed by atoms with Crippen LogP contribution in [0.25, 0.3) is 0 Å². The van der Waals surface area contributed by atoms with E-state index in [1.54, 1.807) is 0 Å². The summed E-state index contributed by atoms with van der Waals surface area (Å²) in [7, 11) is 1.86. The molecule has 0 aromatic rings. The predicted molar refractivity (Wildman–Crippen MR) is 83.0 cm³/mol. The fraction of sp³-hybridized carbons (Fsp3) is 1.00. The molecule has 1 heterocycles. The Morgan fingerprint density at radius 1 is 1.44 bits per heavy atom. The van der Waals surface area contributed by atoms with Gasteiger partial charge in [0, 0.05) is 18.4 Å². The Morgan fingerprint density at radius 2 is 2.00 bits per heavy atom. The summed E-state index contributed by atoms with van der Waals surface area (Å²) in [6.45, 7) is 7.89. The zero-order valence-corrected chi connectivity index (χ0v) is 14.7. The fourth-order valence-corrected chi connectivity index (χ4v) is 3.80. The van der Waals surface area contributed by atoms with Gasteiger partial charge < -0.3 is 14.4 Å². The summed E-state index contributed by atoms with van der Waals surface area (Å²) in [5, 5.41) is 9.75. The quantitative estimate of drug-likeness (QED) is 0.456. The minimum absolute atomic E-state index is 0.0311. The number of aliphatic hydroxyl groups excluding tert-OH is 1. The Bertz CT molecular complexity index is 275. The van der Waals surface area contributed by atoms with Crippen LogP contribution in [0.2, 0.25) is 0 Å². The monoisotopic (exact) mass is 389 g/mol. The standard InChI is InChI=1S/C12H24INO3S/c1-8(14(5)18(16)12(2,3)4)10-7-6-9(13)11(15)17-10/h8-11,15H,6-7H2,1-5H3/t8-,9-,10-,11-,18-/m0/s1. The van der Waals surface area contributed by atoms with E-state index >= 15 is 0 Å². The molecule has 1 aliphatic rings. The number of likely N-dealkylation sites (N-methyl/N-ethyl adjacent to an activating group) is 1. The van der Waals surface area contributed by atoms with Crippen LogP contribution in [0.5, 0.6) is 0 Å². The summed E-state index contributed by atoms with van der Waals surface area (Å²) < 4.78 is 19.7. The van der Waals surface area contributed by atoms with Gasteiger partial charge in [-0.25, -0.2) is 0 Å². The second kappa shape index (κ2) is 6.58. The SMILES string of the molecule is C[C@@H]([C@@H]1CC[C@H](I)[C@@H](O)O1)N(C)[S@@+]([O-])C(C)(C)C. The molecule has 1 rings (SSSR count). The van der Waals surface area contributed by atoms with Gasteiger partial charge in [0.1, 0.15) is 4.75 Å². The first kappa shape index (κ1) is 17.0. The van der Waals surface area contributed by atoms with Crippen LogP contribution in [0.3, 0.4) is 0 Å². The largest absolute Gasteiger partial charge is 0.597 e. The van der Waals surface area contributed by atoms with E-state index in [9.17, 15) is 9.66 Å². The molecular weight excluding hydrogens is 365 g/mol. The van der Waals surface area contributed by atoms with Gasteiger partial charge in [-0.1, -0.05) is 22.6 Å². The number of hydrogen-bond donors (Lipinski definition) is 1. The minimum Gasteiger partial charge on any atom is -0.597 e. The van der Waals surface area contributed by atoms with Crippen molar-refractivity contribution in [2.45, 2.75) is 67.6 Å². The van der Waals surface area contributed by atoms with Crippen LogP contribution >= 0.6 is 22.6 Å². The molecule has 0 unspecified atom stereocenters. The van der Waals surface area contributed by atoms with Gasteiger partial charge in [-0.3, -0.25) is 0 Å². The van der Waals surface area contributed by atoms with Crippen molar-refractivity contribution in [3.63, 3.8) is 0 Å². The number of alkyl halides is 1. The molecule has 0 aromatic heterocycles. The van der Waals surface area contributed by atoms with Crippen molar-refractivity contribution >= 4 is 34.0 Å². The van der Waals surface area contributed by atoms with Crippen molar-refractivity contribution in [2.75, 3.05) is 7.05 Å². The highest BCUT2D eigenvalue weighted by Gasteiger charge is 2.39. The van der Waals surface area contributed by atoms with E-state index in [0.717, 1.165) is 12.8 Å². The molecule has 1 fully saturated rings. The molecule has 4 nitrogen and oxygen atoms in total. The molecule has 0 spiro atoms. The van der Waals surface area contributed by atoms with Crippen LogP contribution in [0.4, 0.5) is 0 Å². The molecule has 18 heavy (non-hydrogen) atoms. The van der Waals surface area contributed by atoms with Crippen molar-refractivity contribution in [3.8, 4) is 0 Å². The summed E-state index contributed by atoms with van der Waals surface area (Å²) in [6, 6.07) is 0.0311. The summed E-state index contributed by atoms with van der Waals surface area (Å²) in [5.41, 5.74) is 0. The Balaban J connectivity index is 2.61. The molecule has 0 amide bonds. The summed E-state index contributed by atoms with van der Waals surface area (Å²) >= 11 is 1.15. The molecular formula is C12H24INO3S. The van der Waals surface area contributed by atoms with Gasteiger partial charge in [0.25, 0.3) is 0 Å². The van der Waals surface area contributed by atoms with Crippen LogP contribution in [0.15, 0.2) is 0 Å². The lowest BCUT2D eigenvalue weighted by molar-refractivity contribution is -0.166. The molecule has 1 aliphatic heterocycles. The van der Waals surface area contributed by atoms with Crippen LogP contribution < -0.4 is 0 Å². The number of ether oxygens (including phenoxy) is 1. The van der Waals surface area contributed by atoms with Gasteiger partial charge in [0.15, 0.2) is 6.29 Å². The highest BCUT2D eigenvalue weighted by atomic mass is 127. The van der Waals surface area contributed by atoms with Crippen molar-refractivity contribution in [3.05, 3.63) is 0 Å². The van der Waals surface area contributed by atoms with E-state index in [-0.39, 0.29) is 20.8 Å². The zero-order valence-electron chi connectivity index (χ0n) is 11.7. The second-order valence-corrected chi connectivity index (χ2v) is 9.71. The first-order valence-electron chi connectivity index (χ1n) is 6.27. The zero-order chi connectivity index (χ0) is 14.1. The van der Waals surface area contributed by atoms with Crippen molar-refractivity contribution in [1.82, 2.24) is 4.31 Å². The maximum Gasteiger partial charge on any atom is 0.166 e. The Kier molecular flexibility index (Phi) is 6.21. The maximum atomic E-state index is 12.3. The number of aliphatic hydroxyl groups is 1. The summed E-state index contributed by atoms with van der Waals surface area (Å²) in [6.07, 6.45) is 1.08. The third kappa shape index (κ3) is 4.21. The molecule has 1 N–H and O–H groups in total. The summed E-state index contributed by atoms with van der Waals surface area (Å²) in [5.74, 6) is 0. The van der Waals surface area contributed by atoms with E-state index in [1.807, 2.05) is 39.0 Å². The predicted octanol–water partition coefficient (Wildman–Crippen LogP) is 2.07. The lowest BCUT2D eigenvalue weighted by Crippen LogP contribution is -2.52. The lowest BCUT2D eigenvalue weighted by Gasteiger charge is -2.39. The van der Waals surface area contributed by atoms with Crippen LogP contribution in [-0.4, -0.2) is 48.1 Å². The molecule has 6 heteroatoms. The fourth-order valence-electron chi connectivity index (χ4n) is 1.97. The first-order valence-corrected chi connectivity index (χ1v) is 8.62. The number of rotatable bonds is 3. The van der Waals surface area contributed by atoms with E-state index in [4.69, 9.17) is 4.74 Å². The van der Waals surface area contributed by atoms with Crippen LogP contribution in [0.1, 0.15) is 40.5 Å². The van der Waals surface area contributed by atoms with Crippen LogP contribution in [0, 0.1) is 0 Å². The average Bonchev–Trinajstić information content (AvgIpc) is 2.28. The maximum absolute atomic E-state index is 12.3. The van der Waals surface area contributed by atoms with Gasteiger partial charge in [-0.15, -0.1) is 4.31 Å². The number of nitrogens with zero attached hydrogens (tertiary/aromatic N) is 1. The number of hydrogen-bond acceptors (Lipinski definition) is 4. The molecule has 0 bridgehead atoms. The van der Waals surface area contributed by atoms with Gasteiger partial charge in [0.2, 0.25) is 0 Å². The van der Waals surface area contributed by atoms with Gasteiger partial charge in [-0.2, -0.15) is 0 Å². The minimum atomic E-state index is -1.06. The molecule has 108 valence electrons. The van der Waals surface area contributed by atoms with E-state index in [2.05, 4.69) is 22.6 Å². The Labute approximate surface area is 127 Å². The van der Waals surface area contributed by atoms with Crippen molar-refractivity contribution in [2.24, 2.45) is 0 Å². The Morgan fingerprint density at radius 3 is 2.44 bits per heavy atom. The van der Waals surface area contributed by atoms with E-state index < -0.39 is 17.7 Å². The van der Waals surface area contributed by atoms with E-state index in [0.29, 0.717) is 0 Å². The molecule has 0 saturated carbocycles. The van der Waals surface area contributed by atoms with Crippen molar-refractivity contribution in [1.29, 1.82) is 0 Å². The van der Waals surface area contributed by atoms with Gasteiger partial charge in [-0.05, 0) is 40.5 Å². The van der Waals surface area contributed by atoms with Gasteiger partial charge >= 0.3 is 0 Å². The molecule has 0 aromatic carbocycles. The average molecular weight is 389 g/mol. The molecule has 0 aliphatic carbocycles. The second-order valence-electron chi connectivity index (χ2n) is 5.81. The number of halogens is 1. The lowest BCUT2D eigenvalue weighted by atomic mass is 10.0. The molecule has 1 saturated heterocycles. The first-order chi connectivity index (χ1) is 8.14. The highest BCUT2D eigenvalue weighted by Crippen LogP contribution is 2.29. The van der Waals surface area contributed by atoms with Gasteiger partial charge in [0.05, 0.1) is 16.1 Å². The topological polar surface area (TPSA) is 55.8 Å². The van der Waals surface area contributed by atoms with Crippen LogP contribution in [-0.2, 0) is 16.1 Å². The smallest absolute Gasteiger partial charge is 0.166 e. The Hall–Kier alpha value is 0.920. The summed E-state index contributed by atoms with van der Waals surface area (Å²) in [4.78, 5) is 0.